The fraction of sp³-hybridized carbons (Fsp3) is 0.214. The Kier molecular flexibility index (Phi) is 4.63. The van der Waals surface area contributed by atoms with E-state index in [1.165, 1.54) is 17.8 Å². The lowest BCUT2D eigenvalue weighted by Crippen LogP contribution is -2.07. The molecule has 0 saturated carbocycles. The Hall–Kier alpha value is -1.75. The smallest absolute Gasteiger partial charge is 0.187 e. The molecule has 98 valence electrons. The third-order valence-corrected chi connectivity index (χ3v) is 3.40. The molecule has 0 atom stereocenters. The van der Waals surface area contributed by atoms with Crippen molar-refractivity contribution in [3.05, 3.63) is 53.6 Å². The first kappa shape index (κ1) is 13.7. The molecule has 0 spiro atoms. The highest BCUT2D eigenvalue weighted by molar-refractivity contribution is 7.99. The summed E-state index contributed by atoms with van der Waals surface area (Å²) in [5.74, 6) is -0.135. The minimum absolute atomic E-state index is 0.0423. The van der Waals surface area contributed by atoms with Gasteiger partial charge < -0.3 is 0 Å². The fourth-order valence-electron chi connectivity index (χ4n) is 1.51. The normalized spacial score (nSPS) is 10.4. The number of thioether (sulfide) groups is 1. The predicted molar refractivity (Wildman–Crippen MR) is 72.6 cm³/mol. The molecule has 0 aliphatic carbocycles. The number of hydrogen-bond donors (Lipinski definition) is 0. The van der Waals surface area contributed by atoms with Crippen molar-refractivity contribution in [1.82, 2.24) is 9.97 Å². The molecular formula is C14H13FN2OS. The number of carbonyl (C=O) groups excluding carboxylic acids is 1. The Bertz CT molecular complexity index is 572. The van der Waals surface area contributed by atoms with Crippen molar-refractivity contribution in [2.75, 3.05) is 5.75 Å². The zero-order valence-electron chi connectivity index (χ0n) is 10.5. The quantitative estimate of drug-likeness (QED) is 0.622. The van der Waals surface area contributed by atoms with Crippen LogP contribution in [0.4, 0.5) is 4.39 Å². The lowest BCUT2D eigenvalue weighted by atomic mass is 10.1. The van der Waals surface area contributed by atoms with E-state index >= 15 is 0 Å². The molecule has 0 N–H and O–H groups in total. The molecule has 1 aromatic heterocycles. The number of carbonyl (C=O) groups is 1. The first-order valence-electron chi connectivity index (χ1n) is 5.81. The van der Waals surface area contributed by atoms with Crippen LogP contribution in [-0.2, 0) is 11.2 Å². The second kappa shape index (κ2) is 6.43. The first-order valence-corrected chi connectivity index (χ1v) is 6.80. The fourth-order valence-corrected chi connectivity index (χ4v) is 2.15. The zero-order chi connectivity index (χ0) is 13.7. The number of hydrogen-bond acceptors (Lipinski definition) is 4. The predicted octanol–water partition coefficient (Wildman–Crippen LogP) is 2.83. The van der Waals surface area contributed by atoms with Gasteiger partial charge in [0.2, 0.25) is 0 Å². The van der Waals surface area contributed by atoms with Crippen molar-refractivity contribution >= 4 is 17.5 Å². The monoisotopic (exact) mass is 276 g/mol. The van der Waals surface area contributed by atoms with Gasteiger partial charge in [-0.1, -0.05) is 30.0 Å². The molecule has 0 bridgehead atoms. The largest absolute Gasteiger partial charge is 0.298 e. The summed E-state index contributed by atoms with van der Waals surface area (Å²) in [4.78, 5) is 20.0. The Morgan fingerprint density at radius 3 is 2.63 bits per heavy atom. The van der Waals surface area contributed by atoms with Crippen LogP contribution in [0.25, 0.3) is 0 Å². The average molecular weight is 276 g/mol. The van der Waals surface area contributed by atoms with E-state index in [4.69, 9.17) is 0 Å². The van der Waals surface area contributed by atoms with Gasteiger partial charge in [-0.05, 0) is 24.1 Å². The van der Waals surface area contributed by atoms with Crippen LogP contribution in [0.2, 0.25) is 0 Å². The van der Waals surface area contributed by atoms with Gasteiger partial charge in [0.25, 0.3) is 0 Å². The minimum atomic E-state index is -0.340. The summed E-state index contributed by atoms with van der Waals surface area (Å²) in [6, 6.07) is 6.32. The van der Waals surface area contributed by atoms with E-state index in [9.17, 15) is 9.18 Å². The van der Waals surface area contributed by atoms with E-state index in [0.717, 1.165) is 5.56 Å². The maximum absolute atomic E-state index is 13.4. The van der Waals surface area contributed by atoms with Gasteiger partial charge >= 0.3 is 0 Å². The second-order valence-electron chi connectivity index (χ2n) is 4.14. The van der Waals surface area contributed by atoms with Gasteiger partial charge in [0, 0.05) is 18.8 Å². The number of halogens is 1. The van der Waals surface area contributed by atoms with Gasteiger partial charge in [0.15, 0.2) is 5.16 Å². The standard InChI is InChI=1S/C14H13FN2OS/c1-10-7-16-14(17-8-10)19-9-12(18)6-11-4-2-3-5-13(11)15/h2-5,7-8H,6,9H2,1H3. The van der Waals surface area contributed by atoms with Crippen LogP contribution in [0.3, 0.4) is 0 Å². The molecule has 0 unspecified atom stereocenters. The Balaban J connectivity index is 1.88. The summed E-state index contributed by atoms with van der Waals surface area (Å²) in [5, 5.41) is 0.562. The number of Topliss-reactive ketones (excluding diaryl/α,β-unsaturated/α-hetero) is 1. The number of rotatable bonds is 5. The van der Waals surface area contributed by atoms with Gasteiger partial charge in [-0.15, -0.1) is 0 Å². The number of ketones is 1. The van der Waals surface area contributed by atoms with Crippen molar-refractivity contribution in [2.45, 2.75) is 18.5 Å². The van der Waals surface area contributed by atoms with Crippen LogP contribution in [-0.4, -0.2) is 21.5 Å². The van der Waals surface area contributed by atoms with E-state index in [2.05, 4.69) is 9.97 Å². The van der Waals surface area contributed by atoms with Crippen LogP contribution < -0.4 is 0 Å². The number of aromatic nitrogens is 2. The molecule has 5 heteroatoms. The molecule has 2 rings (SSSR count). The molecule has 2 aromatic rings. The number of benzene rings is 1. The van der Waals surface area contributed by atoms with Gasteiger partial charge in [-0.25, -0.2) is 14.4 Å². The maximum atomic E-state index is 13.4. The second-order valence-corrected chi connectivity index (χ2v) is 5.08. The molecule has 0 amide bonds. The Morgan fingerprint density at radius 2 is 1.95 bits per heavy atom. The number of aryl methyl sites for hydroxylation is 1. The highest BCUT2D eigenvalue weighted by atomic mass is 32.2. The van der Waals surface area contributed by atoms with E-state index in [0.29, 0.717) is 10.7 Å². The molecule has 3 nitrogen and oxygen atoms in total. The number of nitrogens with zero attached hydrogens (tertiary/aromatic N) is 2. The maximum Gasteiger partial charge on any atom is 0.187 e. The molecule has 0 fully saturated rings. The topological polar surface area (TPSA) is 42.9 Å². The lowest BCUT2D eigenvalue weighted by Gasteiger charge is -2.02. The van der Waals surface area contributed by atoms with Crippen LogP contribution in [0.15, 0.2) is 41.8 Å². The summed E-state index contributed by atoms with van der Waals surface area (Å²) in [6.07, 6.45) is 3.51. The van der Waals surface area contributed by atoms with Crippen molar-refractivity contribution in [3.63, 3.8) is 0 Å². The first-order chi connectivity index (χ1) is 9.15. The highest BCUT2D eigenvalue weighted by Crippen LogP contribution is 2.14. The van der Waals surface area contributed by atoms with Crippen molar-refractivity contribution in [2.24, 2.45) is 0 Å². The van der Waals surface area contributed by atoms with Crippen molar-refractivity contribution < 1.29 is 9.18 Å². The molecule has 0 saturated heterocycles. The molecule has 0 aliphatic rings. The van der Waals surface area contributed by atoms with E-state index in [1.54, 1.807) is 30.6 Å². The Labute approximate surface area is 115 Å². The molecule has 0 aliphatic heterocycles. The van der Waals surface area contributed by atoms with Gasteiger partial charge in [-0.2, -0.15) is 0 Å². The summed E-state index contributed by atoms with van der Waals surface area (Å²) in [5.41, 5.74) is 1.40. The lowest BCUT2D eigenvalue weighted by molar-refractivity contribution is -0.116. The van der Waals surface area contributed by atoms with Crippen molar-refractivity contribution in [3.8, 4) is 0 Å². The minimum Gasteiger partial charge on any atom is -0.298 e. The van der Waals surface area contributed by atoms with Gasteiger partial charge in [-0.3, -0.25) is 4.79 Å². The van der Waals surface area contributed by atoms with Gasteiger partial charge in [0.1, 0.15) is 11.6 Å². The summed E-state index contributed by atoms with van der Waals surface area (Å²) < 4.78 is 13.4. The summed E-state index contributed by atoms with van der Waals surface area (Å²) >= 11 is 1.27. The zero-order valence-corrected chi connectivity index (χ0v) is 11.3. The van der Waals surface area contributed by atoms with Gasteiger partial charge in [0.05, 0.1) is 5.75 Å². The molecule has 1 aromatic carbocycles. The van der Waals surface area contributed by atoms with Crippen molar-refractivity contribution in [1.29, 1.82) is 0 Å². The third-order valence-electron chi connectivity index (χ3n) is 2.46. The average Bonchev–Trinajstić information content (AvgIpc) is 2.41. The van der Waals surface area contributed by atoms with Crippen LogP contribution >= 0.6 is 11.8 Å². The molecular weight excluding hydrogens is 263 g/mol. The van der Waals surface area contributed by atoms with Crippen LogP contribution in [0.5, 0.6) is 0 Å². The summed E-state index contributed by atoms with van der Waals surface area (Å²) in [6.45, 7) is 1.90. The SMILES string of the molecule is Cc1cnc(SCC(=O)Cc2ccccc2F)nc1. The third kappa shape index (κ3) is 4.13. The highest BCUT2D eigenvalue weighted by Gasteiger charge is 2.09. The molecule has 0 radical (unpaired) electrons. The van der Waals surface area contributed by atoms with E-state index in [1.807, 2.05) is 6.92 Å². The van der Waals surface area contributed by atoms with E-state index in [-0.39, 0.29) is 23.8 Å². The molecule has 19 heavy (non-hydrogen) atoms. The van der Waals surface area contributed by atoms with Crippen LogP contribution in [0.1, 0.15) is 11.1 Å². The van der Waals surface area contributed by atoms with Crippen LogP contribution in [0, 0.1) is 12.7 Å². The summed E-state index contributed by atoms with van der Waals surface area (Å²) in [7, 11) is 0. The Morgan fingerprint density at radius 1 is 1.26 bits per heavy atom. The molecule has 1 heterocycles. The van der Waals surface area contributed by atoms with E-state index < -0.39 is 0 Å².